The lowest BCUT2D eigenvalue weighted by Gasteiger charge is -2.36. The van der Waals surface area contributed by atoms with E-state index in [1.165, 1.54) is 11.8 Å². The first kappa shape index (κ1) is 25.7. The highest BCUT2D eigenvalue weighted by Crippen LogP contribution is 2.29. The lowest BCUT2D eigenvalue weighted by atomic mass is 10.2. The van der Waals surface area contributed by atoms with E-state index in [0.717, 1.165) is 68.0 Å². The molecule has 9 nitrogen and oxygen atoms in total. The van der Waals surface area contributed by atoms with E-state index in [0.29, 0.717) is 24.9 Å². The number of nitro groups is 1. The van der Waals surface area contributed by atoms with Gasteiger partial charge >= 0.3 is 5.69 Å². The van der Waals surface area contributed by atoms with Crippen molar-refractivity contribution < 1.29 is 4.92 Å². The Bertz CT molecular complexity index is 1250. The van der Waals surface area contributed by atoms with E-state index >= 15 is 0 Å². The fraction of sp³-hybridized carbons (Fsp3) is 0.385. The summed E-state index contributed by atoms with van der Waals surface area (Å²) in [6.45, 7) is 7.73. The molecule has 0 bridgehead atoms. The van der Waals surface area contributed by atoms with Crippen LogP contribution in [0.2, 0.25) is 10.0 Å². The van der Waals surface area contributed by atoms with Gasteiger partial charge in [-0.25, -0.2) is 4.98 Å². The number of halogens is 2. The number of anilines is 2. The molecule has 0 radical (unpaired) electrons. The Morgan fingerprint density at radius 3 is 1.78 bits per heavy atom. The van der Waals surface area contributed by atoms with Gasteiger partial charge < -0.3 is 9.80 Å². The van der Waals surface area contributed by atoms with Crippen molar-refractivity contribution in [2.24, 2.45) is 0 Å². The zero-order valence-electron chi connectivity index (χ0n) is 20.5. The van der Waals surface area contributed by atoms with Gasteiger partial charge in [0.15, 0.2) is 0 Å². The standard InChI is InChI=1S/C26H29Cl2N7O2/c27-22-5-1-3-20(15-22)18-31-7-11-33(12-8-31)25-24(35(36)37)17-29-26(30-25)34-13-9-32(10-14-34)19-21-4-2-6-23(28)16-21/h1-6,15-17H,7-14,18-19H2. The number of benzene rings is 2. The van der Waals surface area contributed by atoms with Gasteiger partial charge in [-0.2, -0.15) is 4.98 Å². The molecule has 194 valence electrons. The summed E-state index contributed by atoms with van der Waals surface area (Å²) >= 11 is 12.3. The van der Waals surface area contributed by atoms with Crippen LogP contribution in [0.5, 0.6) is 0 Å². The fourth-order valence-electron chi connectivity index (χ4n) is 4.88. The summed E-state index contributed by atoms with van der Waals surface area (Å²) in [5, 5.41) is 13.2. The lowest BCUT2D eigenvalue weighted by molar-refractivity contribution is -0.384. The van der Waals surface area contributed by atoms with Gasteiger partial charge in [0, 0.05) is 75.5 Å². The van der Waals surface area contributed by atoms with Crippen LogP contribution in [0.15, 0.2) is 54.7 Å². The number of nitrogens with zero attached hydrogens (tertiary/aromatic N) is 7. The minimum absolute atomic E-state index is 0.0494. The van der Waals surface area contributed by atoms with Crippen molar-refractivity contribution >= 4 is 40.7 Å². The highest BCUT2D eigenvalue weighted by atomic mass is 35.5. The van der Waals surface area contributed by atoms with Gasteiger partial charge in [0.2, 0.25) is 11.8 Å². The van der Waals surface area contributed by atoms with E-state index in [1.807, 2.05) is 41.3 Å². The van der Waals surface area contributed by atoms with Gasteiger partial charge in [0.1, 0.15) is 6.20 Å². The van der Waals surface area contributed by atoms with E-state index in [1.54, 1.807) is 0 Å². The highest BCUT2D eigenvalue weighted by molar-refractivity contribution is 6.30. The molecule has 2 aromatic carbocycles. The normalized spacial score (nSPS) is 17.2. The second-order valence-corrected chi connectivity index (χ2v) is 10.3. The van der Waals surface area contributed by atoms with Crippen molar-refractivity contribution in [2.45, 2.75) is 13.1 Å². The molecule has 0 aliphatic carbocycles. The van der Waals surface area contributed by atoms with Gasteiger partial charge in [-0.15, -0.1) is 0 Å². The average Bonchev–Trinajstić information content (AvgIpc) is 2.89. The molecule has 2 fully saturated rings. The Morgan fingerprint density at radius 1 is 0.784 bits per heavy atom. The lowest BCUT2D eigenvalue weighted by Crippen LogP contribution is -2.47. The number of hydrogen-bond donors (Lipinski definition) is 0. The third-order valence-electron chi connectivity index (χ3n) is 6.85. The molecule has 0 spiro atoms. The van der Waals surface area contributed by atoms with Gasteiger partial charge in [0.25, 0.3) is 0 Å². The quantitative estimate of drug-likeness (QED) is 0.322. The molecule has 5 rings (SSSR count). The van der Waals surface area contributed by atoms with Crippen LogP contribution in [-0.4, -0.2) is 77.0 Å². The molecule has 0 N–H and O–H groups in total. The van der Waals surface area contributed by atoms with Gasteiger partial charge in [-0.05, 0) is 35.4 Å². The molecule has 3 heterocycles. The van der Waals surface area contributed by atoms with Crippen molar-refractivity contribution in [1.29, 1.82) is 0 Å². The SMILES string of the molecule is O=[N+]([O-])c1cnc(N2CCN(Cc3cccc(Cl)c3)CC2)nc1N1CCN(Cc2cccc(Cl)c2)CC1. The van der Waals surface area contributed by atoms with E-state index < -0.39 is 0 Å². The number of hydrogen-bond acceptors (Lipinski definition) is 8. The predicted octanol–water partition coefficient (Wildman–Crippen LogP) is 4.34. The minimum atomic E-state index is -0.389. The van der Waals surface area contributed by atoms with Crippen molar-refractivity contribution in [2.75, 3.05) is 62.2 Å². The van der Waals surface area contributed by atoms with E-state index in [4.69, 9.17) is 28.2 Å². The van der Waals surface area contributed by atoms with Gasteiger partial charge in [-0.3, -0.25) is 19.9 Å². The van der Waals surface area contributed by atoms with Crippen molar-refractivity contribution in [3.8, 4) is 0 Å². The van der Waals surface area contributed by atoms with Crippen LogP contribution in [0.4, 0.5) is 17.5 Å². The van der Waals surface area contributed by atoms with Crippen LogP contribution in [0.25, 0.3) is 0 Å². The number of aromatic nitrogens is 2. The van der Waals surface area contributed by atoms with Crippen LogP contribution in [0.3, 0.4) is 0 Å². The Hall–Kier alpha value is -2.98. The molecular weight excluding hydrogens is 513 g/mol. The summed E-state index contributed by atoms with van der Waals surface area (Å²) in [5.74, 6) is 0.947. The molecule has 3 aromatic rings. The Morgan fingerprint density at radius 2 is 1.30 bits per heavy atom. The van der Waals surface area contributed by atoms with Crippen molar-refractivity contribution in [3.05, 3.63) is 86.0 Å². The van der Waals surface area contributed by atoms with Crippen LogP contribution >= 0.6 is 23.2 Å². The predicted molar refractivity (Wildman–Crippen MR) is 147 cm³/mol. The van der Waals surface area contributed by atoms with E-state index in [9.17, 15) is 10.1 Å². The number of piperazine rings is 2. The molecule has 0 atom stereocenters. The maximum Gasteiger partial charge on any atom is 0.329 e. The third kappa shape index (κ3) is 6.48. The van der Waals surface area contributed by atoms with Gasteiger partial charge in [-0.1, -0.05) is 47.5 Å². The molecule has 2 saturated heterocycles. The molecule has 2 aliphatic heterocycles. The third-order valence-corrected chi connectivity index (χ3v) is 7.32. The monoisotopic (exact) mass is 541 g/mol. The zero-order valence-corrected chi connectivity index (χ0v) is 22.0. The fourth-order valence-corrected chi connectivity index (χ4v) is 5.31. The molecule has 37 heavy (non-hydrogen) atoms. The molecule has 0 amide bonds. The van der Waals surface area contributed by atoms with Crippen LogP contribution in [0, 0.1) is 10.1 Å². The maximum atomic E-state index is 11.8. The molecule has 0 unspecified atom stereocenters. The molecule has 2 aliphatic rings. The summed E-state index contributed by atoms with van der Waals surface area (Å²) in [7, 11) is 0. The van der Waals surface area contributed by atoms with E-state index in [-0.39, 0.29) is 10.6 Å². The second kappa shape index (κ2) is 11.6. The topological polar surface area (TPSA) is 81.9 Å². The van der Waals surface area contributed by atoms with Crippen molar-refractivity contribution in [3.63, 3.8) is 0 Å². The maximum absolute atomic E-state index is 11.8. The molecule has 11 heteroatoms. The number of rotatable bonds is 7. The molecule has 0 saturated carbocycles. The van der Waals surface area contributed by atoms with Crippen molar-refractivity contribution in [1.82, 2.24) is 19.8 Å². The first-order valence-electron chi connectivity index (χ1n) is 12.4. The average molecular weight is 542 g/mol. The Labute approximate surface area is 226 Å². The first-order chi connectivity index (χ1) is 17.9. The summed E-state index contributed by atoms with van der Waals surface area (Å²) < 4.78 is 0. The summed E-state index contributed by atoms with van der Waals surface area (Å²) in [6, 6.07) is 15.8. The smallest absolute Gasteiger partial charge is 0.329 e. The van der Waals surface area contributed by atoms with Gasteiger partial charge in [0.05, 0.1) is 4.92 Å². The Balaban J connectivity index is 1.22. The molecule has 1 aromatic heterocycles. The van der Waals surface area contributed by atoms with Crippen LogP contribution in [0.1, 0.15) is 11.1 Å². The Kier molecular flexibility index (Phi) is 8.05. The minimum Gasteiger partial charge on any atom is -0.348 e. The summed E-state index contributed by atoms with van der Waals surface area (Å²) in [4.78, 5) is 29.3. The highest BCUT2D eigenvalue weighted by Gasteiger charge is 2.28. The molecular formula is C26H29Cl2N7O2. The van der Waals surface area contributed by atoms with Crippen LogP contribution < -0.4 is 9.80 Å². The summed E-state index contributed by atoms with van der Waals surface area (Å²) in [6.07, 6.45) is 1.36. The zero-order chi connectivity index (χ0) is 25.8. The van der Waals surface area contributed by atoms with Crippen LogP contribution in [-0.2, 0) is 13.1 Å². The second-order valence-electron chi connectivity index (χ2n) is 9.42. The largest absolute Gasteiger partial charge is 0.348 e. The van der Waals surface area contributed by atoms with E-state index in [2.05, 4.69) is 31.8 Å². The summed E-state index contributed by atoms with van der Waals surface area (Å²) in [5.41, 5.74) is 2.29. The first-order valence-corrected chi connectivity index (χ1v) is 13.1.